The fraction of sp³-hybridized carbons (Fsp3) is 0.474. The topological polar surface area (TPSA) is 64.6 Å². The quantitative estimate of drug-likeness (QED) is 0.659. The molecule has 0 aliphatic carbocycles. The highest BCUT2D eigenvalue weighted by Gasteiger charge is 2.52. The molecule has 5 nitrogen and oxygen atoms in total. The predicted octanol–water partition coefficient (Wildman–Crippen LogP) is 3.04. The molecule has 0 unspecified atom stereocenters. The van der Waals surface area contributed by atoms with Gasteiger partial charge in [0.1, 0.15) is 0 Å². The molecular formula is C19H26BNO4. The summed E-state index contributed by atoms with van der Waals surface area (Å²) in [7, 11) is -0.586. The number of carbonyl (C=O) groups is 2. The second kappa shape index (κ2) is 7.14. The number of amides is 1. The van der Waals surface area contributed by atoms with Crippen molar-refractivity contribution in [3.8, 4) is 0 Å². The van der Waals surface area contributed by atoms with Gasteiger partial charge >= 0.3 is 7.12 Å². The molecule has 1 fully saturated rings. The number of benzene rings is 1. The summed E-state index contributed by atoms with van der Waals surface area (Å²) >= 11 is 0. The van der Waals surface area contributed by atoms with E-state index in [1.807, 2.05) is 52.0 Å². The molecule has 0 aromatic heterocycles. The van der Waals surface area contributed by atoms with Gasteiger partial charge in [0.25, 0.3) is 0 Å². The van der Waals surface area contributed by atoms with Crippen LogP contribution in [0.15, 0.2) is 29.7 Å². The first-order chi connectivity index (χ1) is 11.5. The Morgan fingerprint density at radius 2 is 1.64 bits per heavy atom. The summed E-state index contributed by atoms with van der Waals surface area (Å²) in [5.41, 5.74) is 1.21. The lowest BCUT2D eigenvalue weighted by atomic mass is 9.76. The summed E-state index contributed by atoms with van der Waals surface area (Å²) in [5.74, 6) is -0.151. The SMILES string of the molecule is CC(=O)NCC(=Cc1ccccc1C(C)=O)B1OC(C)(C)C(C)(C)O1. The molecule has 6 heteroatoms. The number of carbonyl (C=O) groups excluding carboxylic acids is 2. The Morgan fingerprint density at radius 1 is 1.08 bits per heavy atom. The molecule has 1 aliphatic rings. The lowest BCUT2D eigenvalue weighted by Gasteiger charge is -2.32. The Balaban J connectivity index is 2.41. The molecule has 1 aromatic carbocycles. The third-order valence-corrected chi connectivity index (χ3v) is 4.78. The summed E-state index contributed by atoms with van der Waals surface area (Å²) in [6.45, 7) is 11.2. The Labute approximate surface area is 149 Å². The second-order valence-corrected chi connectivity index (χ2v) is 7.36. The second-order valence-electron chi connectivity index (χ2n) is 7.36. The largest absolute Gasteiger partial charge is 0.492 e. The van der Waals surface area contributed by atoms with Crippen LogP contribution in [0.3, 0.4) is 0 Å². The van der Waals surface area contributed by atoms with Gasteiger partial charge in [-0.2, -0.15) is 0 Å². The smallest absolute Gasteiger partial charge is 0.400 e. The monoisotopic (exact) mass is 343 g/mol. The van der Waals surface area contributed by atoms with Gasteiger partial charge in [-0.1, -0.05) is 30.3 Å². The highest BCUT2D eigenvalue weighted by Crippen LogP contribution is 2.38. The number of ketones is 1. The predicted molar refractivity (Wildman–Crippen MR) is 99.2 cm³/mol. The number of rotatable bonds is 5. The lowest BCUT2D eigenvalue weighted by molar-refractivity contribution is -0.118. The number of nitrogens with one attached hydrogen (secondary N) is 1. The van der Waals surface area contributed by atoms with Crippen molar-refractivity contribution in [3.63, 3.8) is 0 Å². The van der Waals surface area contributed by atoms with Crippen molar-refractivity contribution in [2.45, 2.75) is 52.7 Å². The lowest BCUT2D eigenvalue weighted by Crippen LogP contribution is -2.41. The van der Waals surface area contributed by atoms with E-state index in [2.05, 4.69) is 5.32 Å². The molecular weight excluding hydrogens is 317 g/mol. The summed E-state index contributed by atoms with van der Waals surface area (Å²) < 4.78 is 12.2. The zero-order valence-electron chi connectivity index (χ0n) is 15.8. The molecule has 0 radical (unpaired) electrons. The molecule has 1 heterocycles. The zero-order valence-corrected chi connectivity index (χ0v) is 15.8. The van der Waals surface area contributed by atoms with Crippen molar-refractivity contribution in [1.29, 1.82) is 0 Å². The fourth-order valence-electron chi connectivity index (χ4n) is 2.57. The number of hydrogen-bond donors (Lipinski definition) is 1. The van der Waals surface area contributed by atoms with E-state index in [4.69, 9.17) is 9.31 Å². The van der Waals surface area contributed by atoms with Crippen molar-refractivity contribution >= 4 is 24.9 Å². The normalized spacial score (nSPS) is 19.0. The van der Waals surface area contributed by atoms with Crippen molar-refractivity contribution in [1.82, 2.24) is 5.32 Å². The van der Waals surface area contributed by atoms with Gasteiger partial charge in [-0.3, -0.25) is 9.59 Å². The van der Waals surface area contributed by atoms with Crippen LogP contribution in [0.25, 0.3) is 6.08 Å². The summed E-state index contributed by atoms with van der Waals surface area (Å²) in [6, 6.07) is 7.36. The highest BCUT2D eigenvalue weighted by atomic mass is 16.7. The maximum absolute atomic E-state index is 11.9. The molecule has 2 rings (SSSR count). The number of Topliss-reactive ketones (excluding diaryl/α,β-unsaturated/α-hetero) is 1. The molecule has 134 valence electrons. The Kier molecular flexibility index (Phi) is 5.54. The standard InChI is InChI=1S/C19H26BNO4/c1-13(22)17-10-8-7-9-15(17)11-16(12-21-14(2)23)20-24-18(3,4)19(5,6)25-20/h7-11H,12H2,1-6H3,(H,21,23). The van der Waals surface area contributed by atoms with Crippen LogP contribution in [-0.2, 0) is 14.1 Å². The molecule has 1 N–H and O–H groups in total. The minimum atomic E-state index is -0.586. The maximum atomic E-state index is 11.9. The van der Waals surface area contributed by atoms with Gasteiger partial charge in [0, 0.05) is 19.0 Å². The Hall–Kier alpha value is -1.92. The molecule has 0 bridgehead atoms. The van der Waals surface area contributed by atoms with Crippen molar-refractivity contribution in [2.75, 3.05) is 6.54 Å². The zero-order chi connectivity index (χ0) is 18.8. The van der Waals surface area contributed by atoms with E-state index in [0.29, 0.717) is 12.1 Å². The van der Waals surface area contributed by atoms with Crippen molar-refractivity contribution < 1.29 is 18.9 Å². The van der Waals surface area contributed by atoms with Crippen LogP contribution in [0, 0.1) is 0 Å². The molecule has 1 aliphatic heterocycles. The van der Waals surface area contributed by atoms with Crippen molar-refractivity contribution in [3.05, 3.63) is 40.9 Å². The molecule has 1 aromatic rings. The average molecular weight is 343 g/mol. The van der Waals surface area contributed by atoms with Gasteiger partial charge in [-0.25, -0.2) is 0 Å². The molecule has 25 heavy (non-hydrogen) atoms. The number of hydrogen-bond acceptors (Lipinski definition) is 4. The van der Waals surface area contributed by atoms with E-state index in [9.17, 15) is 9.59 Å². The van der Waals surface area contributed by atoms with E-state index in [-0.39, 0.29) is 11.7 Å². The van der Waals surface area contributed by atoms with Crippen LogP contribution in [0.4, 0.5) is 0 Å². The van der Waals surface area contributed by atoms with Gasteiger partial charge < -0.3 is 14.6 Å². The highest BCUT2D eigenvalue weighted by molar-refractivity contribution is 6.56. The minimum absolute atomic E-state index is 0.0142. The Morgan fingerprint density at radius 3 is 2.16 bits per heavy atom. The third-order valence-electron chi connectivity index (χ3n) is 4.78. The van der Waals surface area contributed by atoms with Gasteiger partial charge in [0.15, 0.2) is 5.78 Å². The fourth-order valence-corrected chi connectivity index (χ4v) is 2.57. The van der Waals surface area contributed by atoms with Gasteiger partial charge in [0.2, 0.25) is 5.91 Å². The molecule has 0 saturated carbocycles. The van der Waals surface area contributed by atoms with E-state index < -0.39 is 18.3 Å². The van der Waals surface area contributed by atoms with Crippen LogP contribution < -0.4 is 5.32 Å². The minimum Gasteiger partial charge on any atom is -0.400 e. The van der Waals surface area contributed by atoms with Crippen LogP contribution in [-0.4, -0.2) is 36.6 Å². The van der Waals surface area contributed by atoms with Crippen LogP contribution in [0.5, 0.6) is 0 Å². The van der Waals surface area contributed by atoms with Gasteiger partial charge in [-0.05, 0) is 45.7 Å². The van der Waals surface area contributed by atoms with Crippen LogP contribution in [0.1, 0.15) is 57.5 Å². The molecule has 1 saturated heterocycles. The van der Waals surface area contributed by atoms with Crippen LogP contribution in [0.2, 0.25) is 0 Å². The summed E-state index contributed by atoms with van der Waals surface area (Å²) in [4.78, 5) is 23.3. The van der Waals surface area contributed by atoms with E-state index in [1.54, 1.807) is 6.07 Å². The van der Waals surface area contributed by atoms with E-state index >= 15 is 0 Å². The molecule has 1 amide bonds. The average Bonchev–Trinajstić information content (AvgIpc) is 2.71. The van der Waals surface area contributed by atoms with Gasteiger partial charge in [0.05, 0.1) is 11.2 Å². The first kappa shape index (κ1) is 19.4. The maximum Gasteiger partial charge on any atom is 0.492 e. The summed E-state index contributed by atoms with van der Waals surface area (Å²) in [5, 5.41) is 2.79. The van der Waals surface area contributed by atoms with E-state index in [1.165, 1.54) is 13.8 Å². The first-order valence-corrected chi connectivity index (χ1v) is 8.44. The van der Waals surface area contributed by atoms with E-state index in [0.717, 1.165) is 11.0 Å². The molecule has 0 atom stereocenters. The first-order valence-electron chi connectivity index (χ1n) is 8.44. The third kappa shape index (κ3) is 4.38. The van der Waals surface area contributed by atoms with Crippen molar-refractivity contribution in [2.24, 2.45) is 0 Å². The summed E-state index contributed by atoms with van der Waals surface area (Å²) in [6.07, 6.45) is 1.87. The van der Waals surface area contributed by atoms with Gasteiger partial charge in [-0.15, -0.1) is 0 Å². The molecule has 0 spiro atoms. The van der Waals surface area contributed by atoms with Crippen LogP contribution >= 0.6 is 0 Å². The Bertz CT molecular complexity index is 693.